The third-order valence-electron chi connectivity index (χ3n) is 2.89. The Balaban J connectivity index is 2.49. The molecule has 0 bridgehead atoms. The number of nitrogens with two attached hydrogens (primary N) is 1. The van der Waals surface area contributed by atoms with Gasteiger partial charge in [-0.25, -0.2) is 0 Å². The van der Waals surface area contributed by atoms with Gasteiger partial charge in [0, 0.05) is 24.8 Å². The number of nitrogens with zero attached hydrogens (tertiary/aromatic N) is 1. The van der Waals surface area contributed by atoms with Crippen LogP contribution in [0.25, 0.3) is 0 Å². The third kappa shape index (κ3) is 4.23. The Labute approximate surface area is 99.5 Å². The number of hydrogen-bond donors (Lipinski definition) is 1. The zero-order chi connectivity index (χ0) is 11.8. The molecule has 1 atom stereocenters. The predicted molar refractivity (Wildman–Crippen MR) is 71.8 cm³/mol. The highest BCUT2D eigenvalue weighted by Crippen LogP contribution is 2.13. The molecule has 1 aromatic rings. The number of benzene rings is 1. The van der Waals surface area contributed by atoms with Crippen LogP contribution in [0.1, 0.15) is 33.1 Å². The maximum absolute atomic E-state index is 6.13. The molecule has 2 nitrogen and oxygen atoms in total. The zero-order valence-corrected chi connectivity index (χ0v) is 10.5. The van der Waals surface area contributed by atoms with Crippen LogP contribution in [0.2, 0.25) is 0 Å². The number of unbranched alkanes of at least 4 members (excludes halogenated alkanes) is 1. The van der Waals surface area contributed by atoms with Gasteiger partial charge in [0.15, 0.2) is 0 Å². The van der Waals surface area contributed by atoms with Gasteiger partial charge >= 0.3 is 0 Å². The lowest BCUT2D eigenvalue weighted by Crippen LogP contribution is -2.37. The monoisotopic (exact) mass is 220 g/mol. The summed E-state index contributed by atoms with van der Waals surface area (Å²) in [5.41, 5.74) is 7.41. The van der Waals surface area contributed by atoms with Crippen molar-refractivity contribution in [2.45, 2.75) is 39.2 Å². The van der Waals surface area contributed by atoms with Crippen molar-refractivity contribution in [3.8, 4) is 0 Å². The molecule has 0 aliphatic rings. The van der Waals surface area contributed by atoms with Crippen molar-refractivity contribution in [1.82, 2.24) is 0 Å². The maximum Gasteiger partial charge on any atom is 0.0366 e. The largest absolute Gasteiger partial charge is 0.370 e. The normalized spacial score (nSPS) is 12.4. The Morgan fingerprint density at radius 2 is 1.88 bits per heavy atom. The van der Waals surface area contributed by atoms with Crippen molar-refractivity contribution in [1.29, 1.82) is 0 Å². The summed E-state index contributed by atoms with van der Waals surface area (Å²) in [6.45, 7) is 6.37. The summed E-state index contributed by atoms with van der Waals surface area (Å²) in [4.78, 5) is 2.35. The Bertz CT molecular complexity index is 271. The van der Waals surface area contributed by atoms with E-state index in [1.54, 1.807) is 0 Å². The molecule has 0 aliphatic carbocycles. The van der Waals surface area contributed by atoms with Crippen LogP contribution in [0.5, 0.6) is 0 Å². The molecule has 0 saturated heterocycles. The molecule has 0 fully saturated rings. The van der Waals surface area contributed by atoms with E-state index >= 15 is 0 Å². The maximum atomic E-state index is 6.13. The van der Waals surface area contributed by atoms with Crippen LogP contribution in [-0.2, 0) is 0 Å². The van der Waals surface area contributed by atoms with Gasteiger partial charge in [-0.1, -0.05) is 38.0 Å². The first-order valence-electron chi connectivity index (χ1n) is 6.33. The summed E-state index contributed by atoms with van der Waals surface area (Å²) in [7, 11) is 0. The number of rotatable bonds is 7. The fourth-order valence-electron chi connectivity index (χ4n) is 1.90. The molecule has 0 heterocycles. The highest BCUT2D eigenvalue weighted by molar-refractivity contribution is 5.45. The minimum Gasteiger partial charge on any atom is -0.370 e. The van der Waals surface area contributed by atoms with E-state index in [2.05, 4.69) is 43.0 Å². The molecule has 0 saturated carbocycles. The van der Waals surface area contributed by atoms with Gasteiger partial charge in [-0.3, -0.25) is 0 Å². The summed E-state index contributed by atoms with van der Waals surface area (Å²) < 4.78 is 0. The van der Waals surface area contributed by atoms with Gasteiger partial charge in [0.25, 0.3) is 0 Å². The van der Waals surface area contributed by atoms with Crippen LogP contribution in [0.3, 0.4) is 0 Å². The summed E-state index contributed by atoms with van der Waals surface area (Å²) in [6, 6.07) is 10.8. The van der Waals surface area contributed by atoms with Gasteiger partial charge < -0.3 is 10.6 Å². The molecule has 90 valence electrons. The third-order valence-corrected chi connectivity index (χ3v) is 2.89. The smallest absolute Gasteiger partial charge is 0.0366 e. The van der Waals surface area contributed by atoms with Gasteiger partial charge in [-0.15, -0.1) is 0 Å². The minimum atomic E-state index is 0.292. The number of para-hydroxylation sites is 1. The molecular weight excluding hydrogens is 196 g/mol. The molecule has 2 N–H and O–H groups in total. The van der Waals surface area contributed by atoms with Crippen molar-refractivity contribution in [3.63, 3.8) is 0 Å². The highest BCUT2D eigenvalue weighted by Gasteiger charge is 2.08. The molecule has 0 radical (unpaired) electrons. The summed E-state index contributed by atoms with van der Waals surface area (Å²) >= 11 is 0. The van der Waals surface area contributed by atoms with E-state index in [1.165, 1.54) is 18.5 Å². The Hall–Kier alpha value is -1.02. The molecule has 0 amide bonds. The molecule has 2 heteroatoms. The second-order valence-electron chi connectivity index (χ2n) is 4.28. The van der Waals surface area contributed by atoms with Gasteiger partial charge in [0.05, 0.1) is 0 Å². The molecule has 0 spiro atoms. The fourth-order valence-corrected chi connectivity index (χ4v) is 1.90. The zero-order valence-electron chi connectivity index (χ0n) is 10.5. The number of hydrogen-bond acceptors (Lipinski definition) is 2. The highest BCUT2D eigenvalue weighted by atomic mass is 15.1. The van der Waals surface area contributed by atoms with Gasteiger partial charge in [0.1, 0.15) is 0 Å². The van der Waals surface area contributed by atoms with E-state index in [1.807, 2.05) is 6.07 Å². The summed E-state index contributed by atoms with van der Waals surface area (Å²) in [5.74, 6) is 0. The van der Waals surface area contributed by atoms with Crippen LogP contribution in [0.4, 0.5) is 5.69 Å². The van der Waals surface area contributed by atoms with E-state index in [0.717, 1.165) is 19.5 Å². The molecule has 0 aliphatic heterocycles. The molecule has 1 aromatic carbocycles. The van der Waals surface area contributed by atoms with Gasteiger partial charge in [-0.05, 0) is 25.5 Å². The van der Waals surface area contributed by atoms with Crippen LogP contribution < -0.4 is 10.6 Å². The molecule has 0 aromatic heterocycles. The SMILES string of the molecule is CCCCC(N)CN(CC)c1ccccc1. The lowest BCUT2D eigenvalue weighted by Gasteiger charge is -2.26. The van der Waals surface area contributed by atoms with Crippen molar-refractivity contribution in [2.75, 3.05) is 18.0 Å². The van der Waals surface area contributed by atoms with Crippen molar-refractivity contribution < 1.29 is 0 Å². The number of likely N-dealkylation sites (N-methyl/N-ethyl adjacent to an activating group) is 1. The van der Waals surface area contributed by atoms with E-state index in [0.29, 0.717) is 6.04 Å². The quantitative estimate of drug-likeness (QED) is 0.765. The van der Waals surface area contributed by atoms with Crippen molar-refractivity contribution in [2.24, 2.45) is 5.73 Å². The lowest BCUT2D eigenvalue weighted by atomic mass is 10.1. The first-order valence-corrected chi connectivity index (χ1v) is 6.33. The van der Waals surface area contributed by atoms with E-state index < -0.39 is 0 Å². The van der Waals surface area contributed by atoms with Gasteiger partial charge in [0.2, 0.25) is 0 Å². The fraction of sp³-hybridized carbons (Fsp3) is 0.571. The van der Waals surface area contributed by atoms with Crippen LogP contribution in [0, 0.1) is 0 Å². The second-order valence-corrected chi connectivity index (χ2v) is 4.28. The molecule has 1 unspecified atom stereocenters. The average molecular weight is 220 g/mol. The molecular formula is C14H24N2. The molecule has 16 heavy (non-hydrogen) atoms. The van der Waals surface area contributed by atoms with E-state index in [4.69, 9.17) is 5.73 Å². The molecule has 1 rings (SSSR count). The second kappa shape index (κ2) is 7.29. The predicted octanol–water partition coefficient (Wildman–Crippen LogP) is 3.03. The van der Waals surface area contributed by atoms with E-state index in [9.17, 15) is 0 Å². The minimum absolute atomic E-state index is 0.292. The van der Waals surface area contributed by atoms with Crippen molar-refractivity contribution in [3.05, 3.63) is 30.3 Å². The van der Waals surface area contributed by atoms with Crippen LogP contribution >= 0.6 is 0 Å². The number of anilines is 1. The Morgan fingerprint density at radius 3 is 2.44 bits per heavy atom. The topological polar surface area (TPSA) is 29.3 Å². The Morgan fingerprint density at radius 1 is 1.19 bits per heavy atom. The van der Waals surface area contributed by atoms with Crippen LogP contribution in [0.15, 0.2) is 30.3 Å². The lowest BCUT2D eigenvalue weighted by molar-refractivity contribution is 0.564. The first-order chi connectivity index (χ1) is 7.77. The van der Waals surface area contributed by atoms with E-state index in [-0.39, 0.29) is 0 Å². The average Bonchev–Trinajstić information content (AvgIpc) is 2.34. The standard InChI is InChI=1S/C14H24N2/c1-3-5-9-13(15)12-16(4-2)14-10-7-6-8-11-14/h6-8,10-11,13H,3-5,9,12,15H2,1-2H3. The summed E-state index contributed by atoms with van der Waals surface area (Å²) in [6.07, 6.45) is 3.58. The Kier molecular flexibility index (Phi) is 5.94. The van der Waals surface area contributed by atoms with Crippen LogP contribution in [-0.4, -0.2) is 19.1 Å². The van der Waals surface area contributed by atoms with Gasteiger partial charge in [-0.2, -0.15) is 0 Å². The van der Waals surface area contributed by atoms with Crippen molar-refractivity contribution >= 4 is 5.69 Å². The first kappa shape index (κ1) is 13.0. The summed E-state index contributed by atoms with van der Waals surface area (Å²) in [5, 5.41) is 0.